The van der Waals surface area contributed by atoms with Crippen molar-refractivity contribution >= 4 is 28.4 Å². The van der Waals surface area contributed by atoms with E-state index in [-0.39, 0.29) is 5.69 Å². The molecule has 1 aromatic heterocycles. The molecule has 9 nitrogen and oxygen atoms in total. The number of ether oxygens (including phenoxy) is 1. The van der Waals surface area contributed by atoms with Gasteiger partial charge in [-0.05, 0) is 24.3 Å². The van der Waals surface area contributed by atoms with E-state index in [2.05, 4.69) is 15.2 Å². The van der Waals surface area contributed by atoms with Crippen molar-refractivity contribution in [3.8, 4) is 0 Å². The summed E-state index contributed by atoms with van der Waals surface area (Å²) in [7, 11) is 0. The molecule has 26 heavy (non-hydrogen) atoms. The molecular weight excluding hydrogens is 336 g/mol. The highest BCUT2D eigenvalue weighted by Crippen LogP contribution is 2.20. The van der Waals surface area contributed by atoms with Gasteiger partial charge in [0.1, 0.15) is 5.52 Å². The summed E-state index contributed by atoms with van der Waals surface area (Å²) in [6.07, 6.45) is 0. The lowest BCUT2D eigenvalue weighted by Crippen LogP contribution is -2.44. The van der Waals surface area contributed by atoms with E-state index in [1.165, 1.54) is 12.1 Å². The number of aliphatic imine (C=N–C) groups is 1. The van der Waals surface area contributed by atoms with Crippen LogP contribution in [0.4, 0.5) is 11.4 Å². The number of nitro benzene ring substituents is 1. The summed E-state index contributed by atoms with van der Waals surface area (Å²) in [6.45, 7) is 2.57. The zero-order valence-corrected chi connectivity index (χ0v) is 13.9. The molecule has 3 aromatic rings. The molecule has 1 aliphatic rings. The summed E-state index contributed by atoms with van der Waals surface area (Å²) in [5.41, 5.74) is 2.26. The molecule has 132 valence electrons. The van der Waals surface area contributed by atoms with Gasteiger partial charge in [0.15, 0.2) is 0 Å². The van der Waals surface area contributed by atoms with Crippen LogP contribution in [0.2, 0.25) is 0 Å². The number of rotatable bonds is 2. The molecular formula is C17H16N6O3. The Morgan fingerprint density at radius 1 is 1.12 bits per heavy atom. The average molecular weight is 352 g/mol. The van der Waals surface area contributed by atoms with Crippen LogP contribution in [0.1, 0.15) is 0 Å². The highest BCUT2D eigenvalue weighted by Gasteiger charge is 2.20. The van der Waals surface area contributed by atoms with Crippen molar-refractivity contribution in [2.45, 2.75) is 0 Å². The van der Waals surface area contributed by atoms with Crippen LogP contribution in [0.5, 0.6) is 0 Å². The predicted molar refractivity (Wildman–Crippen MR) is 95.5 cm³/mol. The van der Waals surface area contributed by atoms with Crippen molar-refractivity contribution in [1.82, 2.24) is 19.9 Å². The summed E-state index contributed by atoms with van der Waals surface area (Å²) < 4.78 is 7.13. The number of hydrogen-bond acceptors (Lipinski definition) is 6. The molecule has 0 atom stereocenters. The van der Waals surface area contributed by atoms with E-state index in [1.807, 2.05) is 24.3 Å². The van der Waals surface area contributed by atoms with Crippen LogP contribution >= 0.6 is 0 Å². The van der Waals surface area contributed by atoms with E-state index < -0.39 is 4.92 Å². The Bertz CT molecular complexity index is 960. The van der Waals surface area contributed by atoms with Crippen molar-refractivity contribution in [2.24, 2.45) is 4.99 Å². The lowest BCUT2D eigenvalue weighted by atomic mass is 10.3. The molecule has 0 bridgehead atoms. The number of non-ortho nitro benzene ring substituents is 1. The van der Waals surface area contributed by atoms with E-state index in [9.17, 15) is 10.1 Å². The molecule has 0 saturated carbocycles. The molecule has 1 saturated heterocycles. The average Bonchev–Trinajstić information content (AvgIpc) is 3.11. The number of benzene rings is 2. The third-order valence-electron chi connectivity index (χ3n) is 4.12. The van der Waals surface area contributed by atoms with Crippen molar-refractivity contribution in [3.05, 3.63) is 58.6 Å². The maximum Gasteiger partial charge on any atom is 0.269 e. The lowest BCUT2D eigenvalue weighted by molar-refractivity contribution is -0.384. The summed E-state index contributed by atoms with van der Waals surface area (Å²) >= 11 is 0. The van der Waals surface area contributed by atoms with Gasteiger partial charge in [0.05, 0.1) is 29.3 Å². The summed E-state index contributed by atoms with van der Waals surface area (Å²) in [4.78, 5) is 17.2. The Balaban J connectivity index is 1.78. The van der Waals surface area contributed by atoms with Gasteiger partial charge in [-0.15, -0.1) is 5.10 Å². The molecule has 0 aliphatic carbocycles. The monoisotopic (exact) mass is 352 g/mol. The van der Waals surface area contributed by atoms with E-state index in [4.69, 9.17) is 9.73 Å². The maximum atomic E-state index is 10.8. The number of fused-ring (bicyclic) bond motifs is 1. The summed E-state index contributed by atoms with van der Waals surface area (Å²) in [5.74, 6) is 0.621. The molecule has 1 fully saturated rings. The number of aromatic nitrogens is 3. The van der Waals surface area contributed by atoms with Crippen molar-refractivity contribution in [2.75, 3.05) is 26.3 Å². The second-order valence-corrected chi connectivity index (χ2v) is 5.77. The smallest absolute Gasteiger partial charge is 0.269 e. The van der Waals surface area contributed by atoms with Gasteiger partial charge in [0, 0.05) is 25.2 Å². The van der Waals surface area contributed by atoms with Gasteiger partial charge >= 0.3 is 0 Å². The van der Waals surface area contributed by atoms with Gasteiger partial charge in [0.25, 0.3) is 5.69 Å². The van der Waals surface area contributed by atoms with Crippen LogP contribution < -0.4 is 0 Å². The first-order chi connectivity index (χ1) is 12.7. The first kappa shape index (κ1) is 16.2. The first-order valence-corrected chi connectivity index (χ1v) is 8.19. The van der Waals surface area contributed by atoms with Crippen LogP contribution in [0, 0.1) is 10.1 Å². The van der Waals surface area contributed by atoms with E-state index in [1.54, 1.807) is 16.8 Å². The Kier molecular flexibility index (Phi) is 4.28. The molecule has 2 heterocycles. The lowest BCUT2D eigenvalue weighted by Gasteiger charge is -2.29. The number of para-hydroxylation sites is 1. The van der Waals surface area contributed by atoms with Gasteiger partial charge in [0.2, 0.25) is 5.96 Å². The Labute approximate surface area is 148 Å². The molecule has 0 N–H and O–H groups in total. The van der Waals surface area contributed by atoms with Crippen LogP contribution in [-0.2, 0) is 4.74 Å². The Morgan fingerprint density at radius 2 is 1.85 bits per heavy atom. The molecule has 0 spiro atoms. The minimum absolute atomic E-state index is 0.0306. The summed E-state index contributed by atoms with van der Waals surface area (Å²) in [6, 6.07) is 13.8. The fourth-order valence-corrected chi connectivity index (χ4v) is 2.80. The standard InChI is InChI=1S/C17H16N6O3/c24-23(25)14-7-5-13(6-8-14)18-17(21-9-11-26-12-10-21)22-16-4-2-1-3-15(16)19-20-22/h1-8H,9-12H2. The minimum Gasteiger partial charge on any atom is -0.378 e. The summed E-state index contributed by atoms with van der Waals surface area (Å²) in [5, 5.41) is 19.3. The fraction of sp³-hybridized carbons (Fsp3) is 0.235. The van der Waals surface area contributed by atoms with E-state index in [0.717, 1.165) is 11.0 Å². The van der Waals surface area contributed by atoms with Crippen molar-refractivity contribution < 1.29 is 9.66 Å². The molecule has 4 rings (SSSR count). The van der Waals surface area contributed by atoms with Gasteiger partial charge < -0.3 is 9.64 Å². The van der Waals surface area contributed by atoms with Crippen molar-refractivity contribution in [3.63, 3.8) is 0 Å². The van der Waals surface area contributed by atoms with E-state index >= 15 is 0 Å². The fourth-order valence-electron chi connectivity index (χ4n) is 2.80. The highest BCUT2D eigenvalue weighted by molar-refractivity contribution is 5.92. The normalized spacial score (nSPS) is 15.4. The SMILES string of the molecule is O=[N+]([O-])c1ccc(N=C(N2CCOCC2)n2nnc3ccccc32)cc1. The van der Waals surface area contributed by atoms with Gasteiger partial charge in [-0.3, -0.25) is 10.1 Å². The van der Waals surface area contributed by atoms with E-state index in [0.29, 0.717) is 38.0 Å². The zero-order valence-electron chi connectivity index (χ0n) is 13.9. The zero-order chi connectivity index (χ0) is 17.9. The predicted octanol–water partition coefficient (Wildman–Crippen LogP) is 2.21. The second kappa shape index (κ2) is 6.89. The number of nitrogens with zero attached hydrogens (tertiary/aromatic N) is 6. The van der Waals surface area contributed by atoms with Crippen molar-refractivity contribution in [1.29, 1.82) is 0 Å². The highest BCUT2D eigenvalue weighted by atomic mass is 16.6. The third-order valence-corrected chi connectivity index (χ3v) is 4.12. The number of nitro groups is 1. The topological polar surface area (TPSA) is 98.7 Å². The van der Waals surface area contributed by atoms with Gasteiger partial charge in [-0.1, -0.05) is 17.3 Å². The first-order valence-electron chi connectivity index (χ1n) is 8.19. The van der Waals surface area contributed by atoms with Gasteiger partial charge in [-0.2, -0.15) is 4.68 Å². The second-order valence-electron chi connectivity index (χ2n) is 5.77. The molecule has 9 heteroatoms. The Hall–Kier alpha value is -3.33. The third kappa shape index (κ3) is 3.11. The van der Waals surface area contributed by atoms with Crippen LogP contribution in [0.15, 0.2) is 53.5 Å². The van der Waals surface area contributed by atoms with Crippen LogP contribution in [-0.4, -0.2) is 57.1 Å². The van der Waals surface area contributed by atoms with Gasteiger partial charge in [-0.25, -0.2) is 4.99 Å². The molecule has 0 amide bonds. The van der Waals surface area contributed by atoms with Crippen LogP contribution in [0.3, 0.4) is 0 Å². The minimum atomic E-state index is -0.429. The maximum absolute atomic E-state index is 10.8. The van der Waals surface area contributed by atoms with Crippen LogP contribution in [0.25, 0.3) is 11.0 Å². The Morgan fingerprint density at radius 3 is 2.58 bits per heavy atom. The molecule has 0 radical (unpaired) electrons. The largest absolute Gasteiger partial charge is 0.378 e. The number of hydrogen-bond donors (Lipinski definition) is 0. The molecule has 0 unspecified atom stereocenters. The quantitative estimate of drug-likeness (QED) is 0.303. The molecule has 2 aromatic carbocycles. The molecule has 1 aliphatic heterocycles. The number of morpholine rings is 1.